The third-order valence-corrected chi connectivity index (χ3v) is 4.93. The Kier molecular flexibility index (Phi) is 5.50. The van der Waals surface area contributed by atoms with E-state index in [9.17, 15) is 26.7 Å². The molecular weight excluding hydrogens is 337 g/mol. The van der Waals surface area contributed by atoms with Crippen LogP contribution in [0.15, 0.2) is 29.2 Å². The summed E-state index contributed by atoms with van der Waals surface area (Å²) in [6.07, 6.45) is -4.85. The third-order valence-electron chi connectivity index (χ3n) is 3.49. The van der Waals surface area contributed by atoms with Crippen molar-refractivity contribution in [1.29, 1.82) is 0 Å². The Bertz CT molecular complexity index is 619. The molecular formula is C13H17F3N2O4S. The maximum absolute atomic E-state index is 12.1. The summed E-state index contributed by atoms with van der Waals surface area (Å²) in [6, 6.07) is 3.92. The van der Waals surface area contributed by atoms with Crippen LogP contribution in [0, 0.1) is 5.92 Å². The van der Waals surface area contributed by atoms with Crippen molar-refractivity contribution < 1.29 is 31.4 Å². The van der Waals surface area contributed by atoms with Crippen LogP contribution < -0.4 is 14.8 Å². The van der Waals surface area contributed by atoms with Crippen LogP contribution in [-0.2, 0) is 10.0 Å². The maximum atomic E-state index is 12.1. The minimum Gasteiger partial charge on any atom is -0.406 e. The van der Waals surface area contributed by atoms with Gasteiger partial charge in [0.15, 0.2) is 0 Å². The summed E-state index contributed by atoms with van der Waals surface area (Å²) in [5.41, 5.74) is 0. The standard InChI is InChI=1S/C13H17F3N2O4S/c14-13(15,16)22-10-1-3-11(4-2-10)23(20,21)18-7-9-5-6-17-8-12(9)19/h1-4,9,12,17-19H,5-8H2/t9-,12+/m0/s1. The lowest BCUT2D eigenvalue weighted by molar-refractivity contribution is -0.274. The average molecular weight is 354 g/mol. The first-order chi connectivity index (χ1) is 10.7. The van der Waals surface area contributed by atoms with Gasteiger partial charge in [0.25, 0.3) is 0 Å². The van der Waals surface area contributed by atoms with E-state index >= 15 is 0 Å². The summed E-state index contributed by atoms with van der Waals surface area (Å²) in [4.78, 5) is -0.171. The molecule has 2 atom stereocenters. The molecule has 1 aliphatic rings. The molecule has 23 heavy (non-hydrogen) atoms. The highest BCUT2D eigenvalue weighted by atomic mass is 32.2. The van der Waals surface area contributed by atoms with Gasteiger partial charge in [-0.1, -0.05) is 0 Å². The van der Waals surface area contributed by atoms with E-state index in [0.717, 1.165) is 24.3 Å². The monoisotopic (exact) mass is 354 g/mol. The second-order valence-corrected chi connectivity index (χ2v) is 6.96. The molecule has 0 aromatic heterocycles. The fraction of sp³-hybridized carbons (Fsp3) is 0.538. The van der Waals surface area contributed by atoms with E-state index < -0.39 is 28.2 Å². The first-order valence-corrected chi connectivity index (χ1v) is 8.40. The van der Waals surface area contributed by atoms with Crippen LogP contribution in [0.1, 0.15) is 6.42 Å². The summed E-state index contributed by atoms with van der Waals surface area (Å²) < 4.78 is 66.4. The van der Waals surface area contributed by atoms with Crippen molar-refractivity contribution in [2.24, 2.45) is 5.92 Å². The van der Waals surface area contributed by atoms with Gasteiger partial charge in [0, 0.05) is 19.0 Å². The second kappa shape index (κ2) is 7.04. The van der Waals surface area contributed by atoms with Crippen molar-refractivity contribution in [2.75, 3.05) is 19.6 Å². The predicted molar refractivity (Wildman–Crippen MR) is 75.3 cm³/mol. The molecule has 1 aliphatic heterocycles. The van der Waals surface area contributed by atoms with E-state index in [1.54, 1.807) is 0 Å². The minimum atomic E-state index is -4.83. The molecule has 1 saturated heterocycles. The smallest absolute Gasteiger partial charge is 0.406 e. The molecule has 0 amide bonds. The van der Waals surface area contributed by atoms with Gasteiger partial charge in [-0.25, -0.2) is 13.1 Å². The number of hydrogen-bond acceptors (Lipinski definition) is 5. The zero-order chi connectivity index (χ0) is 17.1. The lowest BCUT2D eigenvalue weighted by Gasteiger charge is -2.28. The van der Waals surface area contributed by atoms with Gasteiger partial charge in [-0.15, -0.1) is 13.2 Å². The Morgan fingerprint density at radius 3 is 2.52 bits per heavy atom. The van der Waals surface area contributed by atoms with Crippen LogP contribution in [0.5, 0.6) is 5.75 Å². The molecule has 3 N–H and O–H groups in total. The molecule has 10 heteroatoms. The fourth-order valence-corrected chi connectivity index (χ4v) is 3.35. The number of piperidine rings is 1. The predicted octanol–water partition coefficient (Wildman–Crippen LogP) is 0.834. The number of nitrogens with one attached hydrogen (secondary N) is 2. The Balaban J connectivity index is 1.99. The lowest BCUT2D eigenvalue weighted by Crippen LogP contribution is -2.45. The van der Waals surface area contributed by atoms with Crippen molar-refractivity contribution in [2.45, 2.75) is 23.8 Å². The van der Waals surface area contributed by atoms with Crippen LogP contribution in [-0.4, -0.2) is 45.6 Å². The van der Waals surface area contributed by atoms with Gasteiger partial charge < -0.3 is 15.2 Å². The van der Waals surface area contributed by atoms with E-state index in [1.807, 2.05) is 0 Å². The van der Waals surface area contributed by atoms with Crippen molar-refractivity contribution in [1.82, 2.24) is 10.0 Å². The number of hydrogen-bond donors (Lipinski definition) is 3. The van der Waals surface area contributed by atoms with E-state index in [0.29, 0.717) is 19.5 Å². The molecule has 1 aromatic carbocycles. The van der Waals surface area contributed by atoms with Gasteiger partial charge in [-0.3, -0.25) is 0 Å². The molecule has 1 fully saturated rings. The summed E-state index contributed by atoms with van der Waals surface area (Å²) in [5.74, 6) is -0.705. The van der Waals surface area contributed by atoms with Gasteiger partial charge in [-0.2, -0.15) is 0 Å². The van der Waals surface area contributed by atoms with Crippen LogP contribution in [0.3, 0.4) is 0 Å². The first-order valence-electron chi connectivity index (χ1n) is 6.92. The topological polar surface area (TPSA) is 87.7 Å². The van der Waals surface area contributed by atoms with E-state index in [2.05, 4.69) is 14.8 Å². The number of rotatable bonds is 5. The Hall–Kier alpha value is -1.36. The number of alkyl halides is 3. The number of ether oxygens (including phenoxy) is 1. The number of aliphatic hydroxyl groups is 1. The number of aliphatic hydroxyl groups excluding tert-OH is 1. The largest absolute Gasteiger partial charge is 0.573 e. The maximum Gasteiger partial charge on any atom is 0.573 e. The Labute approximate surface area is 131 Å². The molecule has 1 aromatic rings. The molecule has 2 rings (SSSR count). The van der Waals surface area contributed by atoms with Crippen LogP contribution in [0.4, 0.5) is 13.2 Å². The first kappa shape index (κ1) is 18.0. The Morgan fingerprint density at radius 1 is 1.30 bits per heavy atom. The van der Waals surface area contributed by atoms with Crippen molar-refractivity contribution in [3.05, 3.63) is 24.3 Å². The van der Waals surface area contributed by atoms with Crippen molar-refractivity contribution in [3.8, 4) is 5.75 Å². The number of benzene rings is 1. The fourth-order valence-electron chi connectivity index (χ4n) is 2.26. The lowest BCUT2D eigenvalue weighted by atomic mass is 9.96. The van der Waals surface area contributed by atoms with Crippen LogP contribution in [0.25, 0.3) is 0 Å². The molecule has 0 bridgehead atoms. The zero-order valence-electron chi connectivity index (χ0n) is 12.0. The summed E-state index contributed by atoms with van der Waals surface area (Å²) in [7, 11) is -3.86. The minimum absolute atomic E-state index is 0.0615. The van der Waals surface area contributed by atoms with Crippen molar-refractivity contribution >= 4 is 10.0 Å². The molecule has 1 heterocycles. The summed E-state index contributed by atoms with van der Waals surface area (Å²) >= 11 is 0. The molecule has 6 nitrogen and oxygen atoms in total. The van der Waals surface area contributed by atoms with Crippen molar-refractivity contribution in [3.63, 3.8) is 0 Å². The highest BCUT2D eigenvalue weighted by molar-refractivity contribution is 7.89. The second-order valence-electron chi connectivity index (χ2n) is 5.19. The van der Waals surface area contributed by atoms with E-state index in [-0.39, 0.29) is 17.4 Å². The SMILES string of the molecule is O=S(=O)(NC[C@@H]1CCNC[C@H]1O)c1ccc(OC(F)(F)F)cc1. The van der Waals surface area contributed by atoms with Gasteiger partial charge in [0.05, 0.1) is 11.0 Å². The summed E-state index contributed by atoms with van der Waals surface area (Å²) in [6.45, 7) is 1.15. The molecule has 0 spiro atoms. The van der Waals surface area contributed by atoms with Crippen LogP contribution >= 0.6 is 0 Å². The van der Waals surface area contributed by atoms with E-state index in [1.165, 1.54) is 0 Å². The van der Waals surface area contributed by atoms with Gasteiger partial charge in [-0.05, 0) is 37.2 Å². The van der Waals surface area contributed by atoms with Crippen LogP contribution in [0.2, 0.25) is 0 Å². The van der Waals surface area contributed by atoms with Gasteiger partial charge in [0.2, 0.25) is 10.0 Å². The number of β-amino-alcohol motifs (C(OH)–C–C–N with tert-alkyl or cyclic N) is 1. The molecule has 0 saturated carbocycles. The molecule has 0 radical (unpaired) electrons. The highest BCUT2D eigenvalue weighted by Crippen LogP contribution is 2.24. The van der Waals surface area contributed by atoms with Gasteiger partial charge in [0.1, 0.15) is 5.75 Å². The Morgan fingerprint density at radius 2 is 1.96 bits per heavy atom. The third kappa shape index (κ3) is 5.34. The van der Waals surface area contributed by atoms with Gasteiger partial charge >= 0.3 is 6.36 Å². The average Bonchev–Trinajstić information content (AvgIpc) is 2.45. The number of sulfonamides is 1. The zero-order valence-corrected chi connectivity index (χ0v) is 12.8. The summed E-state index contributed by atoms with van der Waals surface area (Å²) in [5, 5.41) is 12.7. The normalized spacial score (nSPS) is 22.8. The number of halogens is 3. The van der Waals surface area contributed by atoms with E-state index in [4.69, 9.17) is 0 Å². The molecule has 130 valence electrons. The quantitative estimate of drug-likeness (QED) is 0.729. The highest BCUT2D eigenvalue weighted by Gasteiger charge is 2.31. The molecule has 0 unspecified atom stereocenters. The molecule has 0 aliphatic carbocycles.